The van der Waals surface area contributed by atoms with E-state index in [2.05, 4.69) is 4.74 Å². The van der Waals surface area contributed by atoms with Crippen LogP contribution in [0.5, 0.6) is 11.5 Å². The molecule has 0 saturated heterocycles. The monoisotopic (exact) mass is 331 g/mol. The molecule has 0 aliphatic heterocycles. The third kappa shape index (κ3) is 3.78. The smallest absolute Gasteiger partial charge is 0.438 e. The number of hydrogen-bond donors (Lipinski definition) is 1. The summed E-state index contributed by atoms with van der Waals surface area (Å²) in [6.45, 7) is 4.13. The molecule has 2 aromatic carbocycles. The molecule has 0 spiro atoms. The number of amides is 1. The van der Waals surface area contributed by atoms with Gasteiger partial charge in [0, 0.05) is 5.56 Å². The summed E-state index contributed by atoms with van der Waals surface area (Å²) >= 11 is 0. The first-order chi connectivity index (χ1) is 11.5. The molecule has 0 aliphatic carbocycles. The third-order valence-electron chi connectivity index (χ3n) is 3.58. The van der Waals surface area contributed by atoms with Gasteiger partial charge in [-0.2, -0.15) is 5.06 Å². The van der Waals surface area contributed by atoms with E-state index in [0.717, 1.165) is 16.9 Å². The maximum absolute atomic E-state index is 11.7. The molecule has 0 atom stereocenters. The summed E-state index contributed by atoms with van der Waals surface area (Å²) in [7, 11) is 2.64. The zero-order valence-corrected chi connectivity index (χ0v) is 14.2. The van der Waals surface area contributed by atoms with Gasteiger partial charge in [-0.25, -0.2) is 4.79 Å². The fourth-order valence-corrected chi connectivity index (χ4v) is 2.38. The van der Waals surface area contributed by atoms with E-state index in [9.17, 15) is 10.0 Å². The van der Waals surface area contributed by atoms with Crippen LogP contribution >= 0.6 is 0 Å². The van der Waals surface area contributed by atoms with Gasteiger partial charge in [0.25, 0.3) is 0 Å². The number of para-hydroxylation sites is 1. The van der Waals surface area contributed by atoms with Crippen molar-refractivity contribution in [1.82, 2.24) is 0 Å². The Morgan fingerprint density at radius 2 is 1.88 bits per heavy atom. The van der Waals surface area contributed by atoms with Crippen molar-refractivity contribution < 1.29 is 24.2 Å². The minimum atomic E-state index is -0.910. The highest BCUT2D eigenvalue weighted by Gasteiger charge is 2.22. The molecule has 1 amide bonds. The van der Waals surface area contributed by atoms with Gasteiger partial charge in [-0.1, -0.05) is 29.8 Å². The van der Waals surface area contributed by atoms with Gasteiger partial charge in [0.1, 0.15) is 23.8 Å². The lowest BCUT2D eigenvalue weighted by Crippen LogP contribution is -2.28. The second-order valence-electron chi connectivity index (χ2n) is 5.31. The lowest BCUT2D eigenvalue weighted by atomic mass is 10.1. The van der Waals surface area contributed by atoms with E-state index < -0.39 is 6.09 Å². The van der Waals surface area contributed by atoms with Gasteiger partial charge in [-0.3, -0.25) is 5.21 Å². The molecule has 2 rings (SSSR count). The van der Waals surface area contributed by atoms with Crippen molar-refractivity contribution in [3.8, 4) is 11.5 Å². The number of methoxy groups -OCH3 is 2. The number of benzene rings is 2. The number of ether oxygens (including phenoxy) is 3. The van der Waals surface area contributed by atoms with Gasteiger partial charge < -0.3 is 14.2 Å². The highest BCUT2D eigenvalue weighted by atomic mass is 16.6. The van der Waals surface area contributed by atoms with E-state index in [1.54, 1.807) is 18.2 Å². The molecule has 2 aromatic rings. The highest BCUT2D eigenvalue weighted by Crippen LogP contribution is 2.33. The van der Waals surface area contributed by atoms with Gasteiger partial charge in [-0.05, 0) is 31.5 Å². The number of hydroxylamine groups is 1. The molecule has 0 radical (unpaired) electrons. The van der Waals surface area contributed by atoms with Crippen LogP contribution < -0.4 is 14.5 Å². The van der Waals surface area contributed by atoms with Crippen LogP contribution in [0.3, 0.4) is 0 Å². The van der Waals surface area contributed by atoms with Crippen LogP contribution in [-0.2, 0) is 11.3 Å². The average molecular weight is 331 g/mol. The van der Waals surface area contributed by atoms with E-state index in [4.69, 9.17) is 9.47 Å². The molecule has 0 heterocycles. The van der Waals surface area contributed by atoms with Crippen LogP contribution in [0.4, 0.5) is 10.5 Å². The summed E-state index contributed by atoms with van der Waals surface area (Å²) in [5, 5.41) is 10.5. The molecule has 6 heteroatoms. The van der Waals surface area contributed by atoms with Gasteiger partial charge in [0.05, 0.1) is 14.2 Å². The molecule has 24 heavy (non-hydrogen) atoms. The summed E-state index contributed by atoms with van der Waals surface area (Å²) in [4.78, 5) is 11.7. The van der Waals surface area contributed by atoms with Gasteiger partial charge in [-0.15, -0.1) is 0 Å². The largest absolute Gasteiger partial charge is 0.494 e. The number of carbonyl (C=O) groups excluding carboxylic acids is 1. The zero-order valence-electron chi connectivity index (χ0n) is 14.2. The first-order valence-electron chi connectivity index (χ1n) is 7.40. The molecule has 0 fully saturated rings. The van der Waals surface area contributed by atoms with E-state index in [-0.39, 0.29) is 12.3 Å². The molecule has 128 valence electrons. The topological polar surface area (TPSA) is 68.2 Å². The Labute approximate surface area is 141 Å². The summed E-state index contributed by atoms with van der Waals surface area (Å²) in [6, 6.07) is 11.0. The molecule has 0 aromatic heterocycles. The van der Waals surface area contributed by atoms with Crippen LogP contribution in [0, 0.1) is 13.8 Å². The van der Waals surface area contributed by atoms with Crippen LogP contribution in [0.25, 0.3) is 0 Å². The van der Waals surface area contributed by atoms with E-state index in [1.165, 1.54) is 14.2 Å². The second-order valence-corrected chi connectivity index (χ2v) is 5.31. The minimum absolute atomic E-state index is 0.157. The number of aryl methyl sites for hydroxylation is 2. The summed E-state index contributed by atoms with van der Waals surface area (Å²) in [6.07, 6.45) is -0.910. The van der Waals surface area contributed by atoms with Crippen molar-refractivity contribution in [2.45, 2.75) is 20.5 Å². The van der Waals surface area contributed by atoms with Crippen molar-refractivity contribution in [2.75, 3.05) is 19.3 Å². The summed E-state index contributed by atoms with van der Waals surface area (Å²) in [5.41, 5.74) is 2.93. The molecule has 0 unspecified atom stereocenters. The van der Waals surface area contributed by atoms with Crippen LogP contribution in [-0.4, -0.2) is 25.5 Å². The number of rotatable bonds is 5. The standard InChI is InChI=1S/C18H21NO5/c1-12-8-9-15(13(2)10-12)24-11-14-6-5-7-16(22-3)17(14)19(21)18(20)23-4/h5-10,21H,11H2,1-4H3. The summed E-state index contributed by atoms with van der Waals surface area (Å²) in [5.74, 6) is 1.07. The zero-order chi connectivity index (χ0) is 17.7. The maximum atomic E-state index is 11.7. The number of hydrogen-bond acceptors (Lipinski definition) is 5. The molecule has 0 saturated carbocycles. The molecular formula is C18H21NO5. The first kappa shape index (κ1) is 17.6. The minimum Gasteiger partial charge on any atom is -0.494 e. The maximum Gasteiger partial charge on any atom is 0.438 e. The quantitative estimate of drug-likeness (QED) is 0.666. The fraction of sp³-hybridized carbons (Fsp3) is 0.278. The van der Waals surface area contributed by atoms with E-state index in [1.807, 2.05) is 32.0 Å². The van der Waals surface area contributed by atoms with E-state index >= 15 is 0 Å². The highest BCUT2D eigenvalue weighted by molar-refractivity contribution is 5.88. The van der Waals surface area contributed by atoms with Gasteiger partial charge >= 0.3 is 6.09 Å². The average Bonchev–Trinajstić information content (AvgIpc) is 2.59. The van der Waals surface area contributed by atoms with Crippen LogP contribution in [0.1, 0.15) is 16.7 Å². The normalized spacial score (nSPS) is 10.2. The Morgan fingerprint density at radius 3 is 2.50 bits per heavy atom. The molecular weight excluding hydrogens is 310 g/mol. The Morgan fingerprint density at radius 1 is 1.12 bits per heavy atom. The Kier molecular flexibility index (Phi) is 5.65. The number of carbonyl (C=O) groups is 1. The second kappa shape index (κ2) is 7.70. The number of nitrogens with zero attached hydrogens (tertiary/aromatic N) is 1. The molecule has 0 bridgehead atoms. The van der Waals surface area contributed by atoms with E-state index in [0.29, 0.717) is 16.4 Å². The lowest BCUT2D eigenvalue weighted by molar-refractivity contribution is 0.139. The fourth-order valence-electron chi connectivity index (χ4n) is 2.38. The van der Waals surface area contributed by atoms with Crippen molar-refractivity contribution in [2.24, 2.45) is 0 Å². The molecule has 6 nitrogen and oxygen atoms in total. The van der Waals surface area contributed by atoms with Crippen molar-refractivity contribution in [3.63, 3.8) is 0 Å². The predicted octanol–water partition coefficient (Wildman–Crippen LogP) is 3.85. The van der Waals surface area contributed by atoms with Crippen LogP contribution in [0.2, 0.25) is 0 Å². The van der Waals surface area contributed by atoms with Crippen molar-refractivity contribution >= 4 is 11.8 Å². The Hall–Kier alpha value is -2.73. The Balaban J connectivity index is 2.31. The third-order valence-corrected chi connectivity index (χ3v) is 3.58. The summed E-state index contributed by atoms with van der Waals surface area (Å²) < 4.78 is 15.6. The SMILES string of the molecule is COC(=O)N(O)c1c(COc2ccc(C)cc2C)cccc1OC. The van der Waals surface area contributed by atoms with Gasteiger partial charge in [0.15, 0.2) is 0 Å². The molecule has 1 N–H and O–H groups in total. The lowest BCUT2D eigenvalue weighted by Gasteiger charge is -2.20. The Bertz CT molecular complexity index is 729. The number of anilines is 1. The first-order valence-corrected chi connectivity index (χ1v) is 7.40. The van der Waals surface area contributed by atoms with Crippen molar-refractivity contribution in [1.29, 1.82) is 0 Å². The van der Waals surface area contributed by atoms with Gasteiger partial charge in [0.2, 0.25) is 0 Å². The molecule has 0 aliphatic rings. The van der Waals surface area contributed by atoms with Crippen LogP contribution in [0.15, 0.2) is 36.4 Å². The predicted molar refractivity (Wildman–Crippen MR) is 89.9 cm³/mol. The van der Waals surface area contributed by atoms with Crippen molar-refractivity contribution in [3.05, 3.63) is 53.1 Å².